The van der Waals surface area contributed by atoms with Crippen molar-refractivity contribution in [2.45, 2.75) is 6.42 Å². The highest BCUT2D eigenvalue weighted by Crippen LogP contribution is 2.10. The van der Waals surface area contributed by atoms with Crippen molar-refractivity contribution in [3.05, 3.63) is 43.2 Å². The third-order valence-corrected chi connectivity index (χ3v) is 3.01. The Labute approximate surface area is 99.2 Å². The number of hydrogen-bond acceptors (Lipinski definition) is 5. The predicted octanol–water partition coefficient (Wildman–Crippen LogP) is 1.31. The van der Waals surface area contributed by atoms with E-state index in [0.717, 1.165) is 0 Å². The molecule has 0 atom stereocenters. The van der Waals surface area contributed by atoms with Crippen molar-refractivity contribution in [1.29, 1.82) is 0 Å². The van der Waals surface area contributed by atoms with Crippen molar-refractivity contribution in [3.63, 3.8) is 0 Å². The molecule has 16 heavy (non-hydrogen) atoms. The lowest BCUT2D eigenvalue weighted by Crippen LogP contribution is -2.19. The Hall–Kier alpha value is -1.60. The van der Waals surface area contributed by atoms with Crippen LogP contribution in [0.3, 0.4) is 0 Å². The molecule has 82 valence electrons. The first-order valence-corrected chi connectivity index (χ1v) is 5.70. The SMILES string of the molecule is O=C(Cc1n[nH]c(=S)[nH]c1=O)c1cccs1. The number of rotatable bonds is 3. The molecule has 0 bridgehead atoms. The minimum Gasteiger partial charge on any atom is -0.296 e. The number of ketones is 1. The van der Waals surface area contributed by atoms with Gasteiger partial charge in [-0.3, -0.25) is 19.7 Å². The number of nitrogens with one attached hydrogen (secondary N) is 2. The van der Waals surface area contributed by atoms with Crippen molar-refractivity contribution in [2.24, 2.45) is 0 Å². The molecule has 0 spiro atoms. The molecule has 7 heteroatoms. The fourth-order valence-corrected chi connectivity index (χ4v) is 1.97. The van der Waals surface area contributed by atoms with Crippen LogP contribution in [0.5, 0.6) is 0 Å². The molecular weight excluding hydrogens is 246 g/mol. The van der Waals surface area contributed by atoms with Crippen LogP contribution >= 0.6 is 23.6 Å². The number of hydrogen-bond donors (Lipinski definition) is 2. The molecule has 2 aromatic rings. The molecule has 2 heterocycles. The van der Waals surface area contributed by atoms with Gasteiger partial charge in [0.15, 0.2) is 10.6 Å². The van der Waals surface area contributed by atoms with E-state index < -0.39 is 5.56 Å². The van der Waals surface area contributed by atoms with Crippen LogP contribution in [0.4, 0.5) is 0 Å². The number of H-pyrrole nitrogens is 2. The van der Waals surface area contributed by atoms with Crippen LogP contribution < -0.4 is 5.56 Å². The van der Waals surface area contributed by atoms with E-state index in [1.54, 1.807) is 12.1 Å². The Balaban J connectivity index is 2.25. The van der Waals surface area contributed by atoms with Crippen LogP contribution in [0, 0.1) is 4.77 Å². The third-order valence-electron chi connectivity index (χ3n) is 1.91. The van der Waals surface area contributed by atoms with Gasteiger partial charge in [-0.2, -0.15) is 5.10 Å². The minimum atomic E-state index is -0.423. The van der Waals surface area contributed by atoms with Crippen LogP contribution in [0.1, 0.15) is 15.4 Å². The molecule has 2 aromatic heterocycles. The number of Topliss-reactive ketones (excluding diaryl/α,β-unsaturated/α-hetero) is 1. The average molecular weight is 253 g/mol. The molecular formula is C9H7N3O2S2. The van der Waals surface area contributed by atoms with E-state index in [1.807, 2.05) is 5.38 Å². The fourth-order valence-electron chi connectivity index (χ4n) is 1.17. The molecule has 2 N–H and O–H groups in total. The summed E-state index contributed by atoms with van der Waals surface area (Å²) in [5.74, 6) is -0.126. The monoisotopic (exact) mass is 253 g/mol. The van der Waals surface area contributed by atoms with Crippen molar-refractivity contribution < 1.29 is 4.79 Å². The molecule has 0 amide bonds. The number of carbonyl (C=O) groups is 1. The van der Waals surface area contributed by atoms with E-state index in [9.17, 15) is 9.59 Å². The van der Waals surface area contributed by atoms with Gasteiger partial charge in [0.05, 0.1) is 11.3 Å². The van der Waals surface area contributed by atoms with Crippen LogP contribution in [0.15, 0.2) is 22.3 Å². The summed E-state index contributed by atoms with van der Waals surface area (Å²) in [7, 11) is 0. The molecule has 0 aliphatic heterocycles. The number of nitrogens with zero attached hydrogens (tertiary/aromatic N) is 1. The fraction of sp³-hybridized carbons (Fsp3) is 0.111. The summed E-state index contributed by atoms with van der Waals surface area (Å²) in [6.07, 6.45) is -0.0258. The lowest BCUT2D eigenvalue weighted by Gasteiger charge is -1.96. The zero-order valence-electron chi connectivity index (χ0n) is 8.02. The van der Waals surface area contributed by atoms with Gasteiger partial charge in [0.1, 0.15) is 5.69 Å². The normalized spacial score (nSPS) is 10.2. The van der Waals surface area contributed by atoms with Gasteiger partial charge in [-0.15, -0.1) is 11.3 Å². The van der Waals surface area contributed by atoms with Gasteiger partial charge >= 0.3 is 0 Å². The van der Waals surface area contributed by atoms with Gasteiger partial charge < -0.3 is 0 Å². The van der Waals surface area contributed by atoms with E-state index in [0.29, 0.717) is 4.88 Å². The maximum atomic E-state index is 11.7. The smallest absolute Gasteiger partial charge is 0.274 e. The van der Waals surface area contributed by atoms with Crippen LogP contribution in [0.25, 0.3) is 0 Å². The molecule has 0 radical (unpaired) electrons. The summed E-state index contributed by atoms with van der Waals surface area (Å²) < 4.78 is 0.150. The molecule has 0 aliphatic carbocycles. The average Bonchev–Trinajstić information content (AvgIpc) is 2.75. The molecule has 0 fully saturated rings. The van der Waals surface area contributed by atoms with Gasteiger partial charge in [0.25, 0.3) is 5.56 Å². The Morgan fingerprint density at radius 2 is 2.38 bits per heavy atom. The zero-order chi connectivity index (χ0) is 11.5. The van der Waals surface area contributed by atoms with Crippen molar-refractivity contribution in [3.8, 4) is 0 Å². The standard InChI is InChI=1S/C9H7N3O2S2/c13-6(7-2-1-3-16-7)4-5-8(14)10-9(15)12-11-5/h1-3H,4H2,(H2,10,12,14,15). The summed E-state index contributed by atoms with van der Waals surface area (Å²) in [5.41, 5.74) is -0.277. The molecule has 0 aliphatic rings. The van der Waals surface area contributed by atoms with E-state index in [2.05, 4.69) is 15.2 Å². The summed E-state index contributed by atoms with van der Waals surface area (Å²) in [6.45, 7) is 0. The highest BCUT2D eigenvalue weighted by molar-refractivity contribution is 7.71. The zero-order valence-corrected chi connectivity index (χ0v) is 9.65. The van der Waals surface area contributed by atoms with Gasteiger partial charge in [-0.05, 0) is 23.7 Å². The van der Waals surface area contributed by atoms with Gasteiger partial charge in [0.2, 0.25) is 0 Å². The summed E-state index contributed by atoms with van der Waals surface area (Å²) in [4.78, 5) is 26.1. The second-order valence-electron chi connectivity index (χ2n) is 3.03. The maximum Gasteiger partial charge on any atom is 0.274 e. The largest absolute Gasteiger partial charge is 0.296 e. The summed E-state index contributed by atoms with van der Waals surface area (Å²) >= 11 is 6.03. The Morgan fingerprint density at radius 3 is 3.00 bits per heavy atom. The Morgan fingerprint density at radius 1 is 1.56 bits per heavy atom. The van der Waals surface area contributed by atoms with Crippen molar-refractivity contribution >= 4 is 29.3 Å². The molecule has 5 nitrogen and oxygen atoms in total. The Bertz CT molecular complexity index is 612. The lowest BCUT2D eigenvalue weighted by molar-refractivity contribution is 0.0995. The number of carbonyl (C=O) groups excluding carboxylic acids is 1. The third kappa shape index (κ3) is 2.31. The number of aromatic amines is 2. The van der Waals surface area contributed by atoms with E-state index in [-0.39, 0.29) is 22.7 Å². The van der Waals surface area contributed by atoms with Gasteiger partial charge in [0, 0.05) is 0 Å². The van der Waals surface area contributed by atoms with E-state index >= 15 is 0 Å². The van der Waals surface area contributed by atoms with E-state index in [1.165, 1.54) is 11.3 Å². The lowest BCUT2D eigenvalue weighted by atomic mass is 10.2. The molecule has 0 unspecified atom stereocenters. The maximum absolute atomic E-state index is 11.7. The molecule has 0 aromatic carbocycles. The predicted molar refractivity (Wildman–Crippen MR) is 62.4 cm³/mol. The highest BCUT2D eigenvalue weighted by Gasteiger charge is 2.11. The molecule has 0 saturated heterocycles. The number of aromatic nitrogens is 3. The van der Waals surface area contributed by atoms with Crippen molar-refractivity contribution in [1.82, 2.24) is 15.2 Å². The molecule has 2 rings (SSSR count). The molecule has 0 saturated carbocycles. The second-order valence-corrected chi connectivity index (χ2v) is 4.39. The van der Waals surface area contributed by atoms with Gasteiger partial charge in [-0.1, -0.05) is 6.07 Å². The van der Waals surface area contributed by atoms with Gasteiger partial charge in [-0.25, -0.2) is 0 Å². The summed E-state index contributed by atoms with van der Waals surface area (Å²) in [6, 6.07) is 3.50. The number of thiophene rings is 1. The topological polar surface area (TPSA) is 78.6 Å². The highest BCUT2D eigenvalue weighted by atomic mass is 32.1. The van der Waals surface area contributed by atoms with Crippen molar-refractivity contribution in [2.75, 3.05) is 0 Å². The Kier molecular flexibility index (Phi) is 3.07. The minimum absolute atomic E-state index is 0.0258. The quantitative estimate of drug-likeness (QED) is 0.638. The first-order valence-electron chi connectivity index (χ1n) is 4.41. The van der Waals surface area contributed by atoms with Crippen LogP contribution in [-0.2, 0) is 6.42 Å². The van der Waals surface area contributed by atoms with E-state index in [4.69, 9.17) is 12.2 Å². The first kappa shape index (κ1) is 10.9. The van der Waals surface area contributed by atoms with Crippen LogP contribution in [0.2, 0.25) is 0 Å². The van der Waals surface area contributed by atoms with Crippen LogP contribution in [-0.4, -0.2) is 21.0 Å². The second kappa shape index (κ2) is 4.50. The first-order chi connectivity index (χ1) is 7.66. The summed E-state index contributed by atoms with van der Waals surface area (Å²) in [5, 5.41) is 8.00.